The molecule has 1 aliphatic rings. The Morgan fingerprint density at radius 2 is 2.20 bits per heavy atom. The zero-order valence-electron chi connectivity index (χ0n) is 10.2. The predicted octanol–water partition coefficient (Wildman–Crippen LogP) is 3.04. The zero-order chi connectivity index (χ0) is 11.3. The van der Waals surface area contributed by atoms with Gasteiger partial charge in [0.05, 0.1) is 5.54 Å². The van der Waals surface area contributed by atoms with Gasteiger partial charge >= 0.3 is 0 Å². The van der Waals surface area contributed by atoms with Crippen molar-refractivity contribution in [1.29, 1.82) is 0 Å². The third-order valence-corrected chi connectivity index (χ3v) is 3.60. The average Bonchev–Trinajstić information content (AvgIpc) is 2.17. The summed E-state index contributed by atoms with van der Waals surface area (Å²) in [6, 6.07) is 0. The number of unbranched alkanes of at least 4 members (excludes halogenated alkanes) is 2. The Bertz CT molecular complexity index is 215. The molecule has 0 amide bonds. The van der Waals surface area contributed by atoms with Crippen LogP contribution in [0, 0.1) is 5.92 Å². The van der Waals surface area contributed by atoms with Crippen LogP contribution in [0.15, 0.2) is 0 Å². The standard InChI is InChI=1S/C13H25NO/c1-3-4-5-8-12(15)13(14)9-6-7-11(2)10-13/h11H,3-10,14H2,1-2H3. The number of hydrogen-bond donors (Lipinski definition) is 1. The van der Waals surface area contributed by atoms with Gasteiger partial charge in [0.15, 0.2) is 5.78 Å². The first-order valence-corrected chi connectivity index (χ1v) is 6.40. The maximum Gasteiger partial charge on any atom is 0.152 e. The van der Waals surface area contributed by atoms with Crippen LogP contribution < -0.4 is 5.73 Å². The average molecular weight is 211 g/mol. The molecule has 88 valence electrons. The Balaban J connectivity index is 2.41. The van der Waals surface area contributed by atoms with E-state index in [4.69, 9.17) is 5.73 Å². The van der Waals surface area contributed by atoms with Gasteiger partial charge in [0.25, 0.3) is 0 Å². The summed E-state index contributed by atoms with van der Waals surface area (Å²) in [5.41, 5.74) is 5.74. The smallest absolute Gasteiger partial charge is 0.152 e. The second-order valence-electron chi connectivity index (χ2n) is 5.24. The molecule has 0 aliphatic heterocycles. The molecule has 2 heteroatoms. The summed E-state index contributed by atoms with van der Waals surface area (Å²) in [5, 5.41) is 0. The first-order chi connectivity index (χ1) is 7.08. The van der Waals surface area contributed by atoms with Crippen LogP contribution in [0.5, 0.6) is 0 Å². The highest BCUT2D eigenvalue weighted by Crippen LogP contribution is 2.32. The highest BCUT2D eigenvalue weighted by Gasteiger charge is 2.36. The van der Waals surface area contributed by atoms with E-state index in [-0.39, 0.29) is 0 Å². The summed E-state index contributed by atoms with van der Waals surface area (Å²) in [6.45, 7) is 4.37. The SMILES string of the molecule is CCCCCC(=O)C1(N)CCCC(C)C1. The van der Waals surface area contributed by atoms with E-state index < -0.39 is 5.54 Å². The summed E-state index contributed by atoms with van der Waals surface area (Å²) < 4.78 is 0. The van der Waals surface area contributed by atoms with Crippen LogP contribution in [0.4, 0.5) is 0 Å². The predicted molar refractivity (Wildman–Crippen MR) is 63.7 cm³/mol. The highest BCUT2D eigenvalue weighted by atomic mass is 16.1. The van der Waals surface area contributed by atoms with Crippen LogP contribution in [-0.4, -0.2) is 11.3 Å². The normalized spacial score (nSPS) is 31.5. The molecule has 0 aromatic rings. The second kappa shape index (κ2) is 5.64. The number of carbonyl (C=O) groups is 1. The van der Waals surface area contributed by atoms with Gasteiger partial charge in [-0.2, -0.15) is 0 Å². The number of Topliss-reactive ketones (excluding diaryl/α,β-unsaturated/α-hetero) is 1. The molecule has 1 aliphatic carbocycles. The Labute approximate surface area is 93.6 Å². The largest absolute Gasteiger partial charge is 0.319 e. The lowest BCUT2D eigenvalue weighted by molar-refractivity contribution is -0.126. The van der Waals surface area contributed by atoms with E-state index in [1.807, 2.05) is 0 Å². The summed E-state index contributed by atoms with van der Waals surface area (Å²) in [4.78, 5) is 12.0. The van der Waals surface area contributed by atoms with Gasteiger partial charge in [0.2, 0.25) is 0 Å². The molecule has 0 aromatic carbocycles. The van der Waals surface area contributed by atoms with Crippen molar-refractivity contribution in [3.63, 3.8) is 0 Å². The van der Waals surface area contributed by atoms with Crippen molar-refractivity contribution in [2.45, 2.75) is 70.8 Å². The number of nitrogens with two attached hydrogens (primary N) is 1. The lowest BCUT2D eigenvalue weighted by Gasteiger charge is -2.35. The molecular formula is C13H25NO. The lowest BCUT2D eigenvalue weighted by atomic mass is 9.73. The molecule has 2 N–H and O–H groups in total. The van der Waals surface area contributed by atoms with Gasteiger partial charge in [-0.05, 0) is 25.2 Å². The summed E-state index contributed by atoms with van der Waals surface area (Å²) in [6.07, 6.45) is 8.19. The molecule has 0 bridgehead atoms. The van der Waals surface area contributed by atoms with Crippen molar-refractivity contribution < 1.29 is 4.79 Å². The fourth-order valence-corrected chi connectivity index (χ4v) is 2.63. The van der Waals surface area contributed by atoms with Crippen LogP contribution in [0.2, 0.25) is 0 Å². The van der Waals surface area contributed by atoms with Gasteiger partial charge in [-0.3, -0.25) is 4.79 Å². The van der Waals surface area contributed by atoms with Gasteiger partial charge in [-0.15, -0.1) is 0 Å². The van der Waals surface area contributed by atoms with Crippen LogP contribution >= 0.6 is 0 Å². The van der Waals surface area contributed by atoms with Crippen LogP contribution in [0.1, 0.15) is 65.2 Å². The molecule has 0 aromatic heterocycles. The van der Waals surface area contributed by atoms with Crippen molar-refractivity contribution in [2.24, 2.45) is 11.7 Å². The van der Waals surface area contributed by atoms with Crippen molar-refractivity contribution >= 4 is 5.78 Å². The summed E-state index contributed by atoms with van der Waals surface area (Å²) in [5.74, 6) is 0.932. The Morgan fingerprint density at radius 1 is 1.47 bits per heavy atom. The lowest BCUT2D eigenvalue weighted by Crippen LogP contribution is -2.50. The highest BCUT2D eigenvalue weighted by molar-refractivity contribution is 5.88. The third kappa shape index (κ3) is 3.60. The molecule has 1 fully saturated rings. The van der Waals surface area contributed by atoms with Gasteiger partial charge < -0.3 is 5.73 Å². The number of rotatable bonds is 5. The number of carbonyl (C=O) groups excluding carboxylic acids is 1. The molecule has 0 heterocycles. The molecule has 0 spiro atoms. The Morgan fingerprint density at radius 3 is 2.80 bits per heavy atom. The Hall–Kier alpha value is -0.370. The van der Waals surface area contributed by atoms with E-state index in [0.717, 1.165) is 32.1 Å². The topological polar surface area (TPSA) is 43.1 Å². The molecular weight excluding hydrogens is 186 g/mol. The van der Waals surface area contributed by atoms with Gasteiger partial charge in [0.1, 0.15) is 0 Å². The van der Waals surface area contributed by atoms with E-state index in [9.17, 15) is 4.79 Å². The maximum absolute atomic E-state index is 12.0. The van der Waals surface area contributed by atoms with Gasteiger partial charge in [-0.25, -0.2) is 0 Å². The van der Waals surface area contributed by atoms with Crippen molar-refractivity contribution in [3.8, 4) is 0 Å². The molecule has 15 heavy (non-hydrogen) atoms. The van der Waals surface area contributed by atoms with Crippen LogP contribution in [0.25, 0.3) is 0 Å². The van der Waals surface area contributed by atoms with E-state index in [0.29, 0.717) is 18.1 Å². The minimum Gasteiger partial charge on any atom is -0.319 e. The van der Waals surface area contributed by atoms with Gasteiger partial charge in [-0.1, -0.05) is 39.5 Å². The molecule has 2 nitrogen and oxygen atoms in total. The minimum atomic E-state index is -0.481. The Kier molecular flexibility index (Phi) is 4.78. The van der Waals surface area contributed by atoms with E-state index >= 15 is 0 Å². The van der Waals surface area contributed by atoms with E-state index in [1.54, 1.807) is 0 Å². The molecule has 0 saturated heterocycles. The molecule has 1 rings (SSSR count). The number of hydrogen-bond acceptors (Lipinski definition) is 2. The van der Waals surface area contributed by atoms with E-state index in [2.05, 4.69) is 13.8 Å². The number of ketones is 1. The van der Waals surface area contributed by atoms with Crippen molar-refractivity contribution in [3.05, 3.63) is 0 Å². The summed E-state index contributed by atoms with van der Waals surface area (Å²) >= 11 is 0. The second-order valence-corrected chi connectivity index (χ2v) is 5.24. The quantitative estimate of drug-likeness (QED) is 0.710. The van der Waals surface area contributed by atoms with Crippen molar-refractivity contribution in [2.75, 3.05) is 0 Å². The van der Waals surface area contributed by atoms with Crippen molar-refractivity contribution in [1.82, 2.24) is 0 Å². The monoisotopic (exact) mass is 211 g/mol. The zero-order valence-corrected chi connectivity index (χ0v) is 10.2. The summed E-state index contributed by atoms with van der Waals surface area (Å²) in [7, 11) is 0. The molecule has 2 unspecified atom stereocenters. The first-order valence-electron chi connectivity index (χ1n) is 6.40. The van der Waals surface area contributed by atoms with Crippen LogP contribution in [0.3, 0.4) is 0 Å². The van der Waals surface area contributed by atoms with E-state index in [1.165, 1.54) is 12.8 Å². The first kappa shape index (κ1) is 12.7. The molecule has 2 atom stereocenters. The fraction of sp³-hybridized carbons (Fsp3) is 0.923. The fourth-order valence-electron chi connectivity index (χ4n) is 2.63. The molecule has 0 radical (unpaired) electrons. The van der Waals surface area contributed by atoms with Gasteiger partial charge in [0, 0.05) is 6.42 Å². The molecule has 1 saturated carbocycles. The minimum absolute atomic E-state index is 0.308. The maximum atomic E-state index is 12.0. The third-order valence-electron chi connectivity index (χ3n) is 3.60. The van der Waals surface area contributed by atoms with Crippen LogP contribution in [-0.2, 0) is 4.79 Å².